The van der Waals surface area contributed by atoms with Crippen molar-refractivity contribution >= 4 is 34.7 Å². The van der Waals surface area contributed by atoms with Crippen molar-refractivity contribution in [3.05, 3.63) is 84.9 Å². The third kappa shape index (κ3) is 2.58. The van der Waals surface area contributed by atoms with Gasteiger partial charge >= 0.3 is 6.03 Å². The highest BCUT2D eigenvalue weighted by Crippen LogP contribution is 2.38. The lowest BCUT2D eigenvalue weighted by molar-refractivity contribution is 0.252. The van der Waals surface area contributed by atoms with Crippen LogP contribution in [0.25, 0.3) is 0 Å². The van der Waals surface area contributed by atoms with E-state index in [9.17, 15) is 4.79 Å². The van der Waals surface area contributed by atoms with Gasteiger partial charge in [0.15, 0.2) is 0 Å². The summed E-state index contributed by atoms with van der Waals surface area (Å²) in [5, 5.41) is 6.59. The molecule has 3 aromatic rings. The average Bonchev–Trinajstić information content (AvgIpc) is 3.08. The number of nitrogens with zero attached hydrogens (tertiary/aromatic N) is 3. The molecular weight excluding hydrogens is 338 g/mol. The number of nitrogens with one attached hydrogen (secondary N) is 2. The molecule has 0 bridgehead atoms. The lowest BCUT2D eigenvalue weighted by Crippen LogP contribution is -2.57. The van der Waals surface area contributed by atoms with E-state index in [-0.39, 0.29) is 6.03 Å². The van der Waals surface area contributed by atoms with Gasteiger partial charge in [0, 0.05) is 5.69 Å². The van der Waals surface area contributed by atoms with Gasteiger partial charge in [-0.2, -0.15) is 0 Å². The predicted molar refractivity (Wildman–Crippen MR) is 108 cm³/mol. The average molecular weight is 355 g/mol. The standard InChI is InChI=1S/C21H17N5O/c27-21-25(16-11-5-2-6-12-16)19(22-15-9-3-1-4-10-15)24-20-23-17-13-7-8-14-18(17)26(20)21/h1-14,20,23H,(H,22,24). The van der Waals surface area contributed by atoms with E-state index in [1.165, 1.54) is 0 Å². The summed E-state index contributed by atoms with van der Waals surface area (Å²) >= 11 is 0. The lowest BCUT2D eigenvalue weighted by atomic mass is 10.2. The second kappa shape index (κ2) is 6.17. The second-order valence-corrected chi connectivity index (χ2v) is 6.30. The molecule has 1 unspecified atom stereocenters. The van der Waals surface area contributed by atoms with Crippen molar-refractivity contribution in [3.63, 3.8) is 0 Å². The zero-order chi connectivity index (χ0) is 18.2. The molecule has 6 nitrogen and oxygen atoms in total. The first kappa shape index (κ1) is 15.5. The molecule has 2 amide bonds. The number of amides is 2. The molecule has 0 fully saturated rings. The third-order valence-electron chi connectivity index (χ3n) is 4.59. The first-order valence-corrected chi connectivity index (χ1v) is 8.75. The minimum Gasteiger partial charge on any atom is -0.345 e. The van der Waals surface area contributed by atoms with E-state index < -0.39 is 6.29 Å². The van der Waals surface area contributed by atoms with Gasteiger partial charge in [0.1, 0.15) is 0 Å². The van der Waals surface area contributed by atoms with E-state index in [1.807, 2.05) is 84.9 Å². The number of benzene rings is 3. The monoisotopic (exact) mass is 355 g/mol. The second-order valence-electron chi connectivity index (χ2n) is 6.30. The van der Waals surface area contributed by atoms with Gasteiger partial charge in [-0.3, -0.25) is 4.90 Å². The SMILES string of the molecule is O=C1N(c2ccccc2)C(Nc2ccccc2)=NC2Nc3ccccc3N12. The van der Waals surface area contributed by atoms with E-state index in [2.05, 4.69) is 10.6 Å². The lowest BCUT2D eigenvalue weighted by Gasteiger charge is -2.36. The summed E-state index contributed by atoms with van der Waals surface area (Å²) in [6.07, 6.45) is -0.471. The van der Waals surface area contributed by atoms with Crippen LogP contribution in [0.3, 0.4) is 0 Å². The van der Waals surface area contributed by atoms with Crippen LogP contribution in [0.5, 0.6) is 0 Å². The molecule has 3 aromatic carbocycles. The highest BCUT2D eigenvalue weighted by Gasteiger charge is 2.42. The molecule has 0 aliphatic carbocycles. The van der Waals surface area contributed by atoms with E-state index in [0.717, 1.165) is 22.7 Å². The molecule has 0 saturated heterocycles. The van der Waals surface area contributed by atoms with Crippen molar-refractivity contribution in [2.45, 2.75) is 6.29 Å². The maximum Gasteiger partial charge on any atom is 0.339 e. The van der Waals surface area contributed by atoms with E-state index in [1.54, 1.807) is 9.80 Å². The van der Waals surface area contributed by atoms with Crippen LogP contribution in [0.2, 0.25) is 0 Å². The van der Waals surface area contributed by atoms with Gasteiger partial charge in [0.05, 0.1) is 17.1 Å². The first-order chi connectivity index (χ1) is 13.3. The fourth-order valence-corrected chi connectivity index (χ4v) is 3.36. The number of hydrogen-bond acceptors (Lipinski definition) is 4. The van der Waals surface area contributed by atoms with E-state index in [0.29, 0.717) is 5.96 Å². The molecule has 0 aromatic heterocycles. The van der Waals surface area contributed by atoms with Crippen molar-refractivity contribution in [3.8, 4) is 0 Å². The first-order valence-electron chi connectivity index (χ1n) is 8.75. The van der Waals surface area contributed by atoms with Gasteiger partial charge < -0.3 is 10.6 Å². The molecule has 0 spiro atoms. The number of urea groups is 1. The zero-order valence-electron chi connectivity index (χ0n) is 14.4. The fraction of sp³-hybridized carbons (Fsp3) is 0.0476. The molecule has 0 saturated carbocycles. The molecule has 6 heteroatoms. The van der Waals surface area contributed by atoms with Crippen LogP contribution >= 0.6 is 0 Å². The van der Waals surface area contributed by atoms with Crippen LogP contribution in [0.4, 0.5) is 27.5 Å². The summed E-state index contributed by atoms with van der Waals surface area (Å²) in [7, 11) is 0. The van der Waals surface area contributed by atoms with Crippen LogP contribution in [0.15, 0.2) is 89.9 Å². The van der Waals surface area contributed by atoms with Crippen LogP contribution in [-0.4, -0.2) is 18.3 Å². The van der Waals surface area contributed by atoms with Crippen molar-refractivity contribution in [1.82, 2.24) is 0 Å². The van der Waals surface area contributed by atoms with Crippen LogP contribution in [0, 0.1) is 0 Å². The molecule has 2 N–H and O–H groups in total. The molecule has 2 heterocycles. The predicted octanol–water partition coefficient (Wildman–Crippen LogP) is 4.31. The maximum atomic E-state index is 13.5. The Bertz CT molecular complexity index is 1020. The normalized spacial score (nSPS) is 17.7. The highest BCUT2D eigenvalue weighted by molar-refractivity contribution is 6.26. The molecule has 1 atom stereocenters. The van der Waals surface area contributed by atoms with Gasteiger partial charge in [-0.05, 0) is 36.4 Å². The highest BCUT2D eigenvalue weighted by atomic mass is 16.2. The largest absolute Gasteiger partial charge is 0.345 e. The summed E-state index contributed by atoms with van der Waals surface area (Å²) in [5.41, 5.74) is 3.35. The van der Waals surface area contributed by atoms with Crippen molar-refractivity contribution in [2.24, 2.45) is 4.99 Å². The topological polar surface area (TPSA) is 60.0 Å². The summed E-state index contributed by atoms with van der Waals surface area (Å²) in [5.74, 6) is 0.485. The molecule has 27 heavy (non-hydrogen) atoms. The van der Waals surface area contributed by atoms with E-state index in [4.69, 9.17) is 4.99 Å². The molecular formula is C21H17N5O. The number of hydrogen-bond donors (Lipinski definition) is 2. The van der Waals surface area contributed by atoms with Crippen LogP contribution < -0.4 is 20.4 Å². The summed E-state index contributed by atoms with van der Waals surface area (Å²) in [4.78, 5) is 21.5. The number of carbonyl (C=O) groups excluding carboxylic acids is 1. The number of anilines is 4. The van der Waals surface area contributed by atoms with Gasteiger partial charge in [-0.1, -0.05) is 48.5 Å². The molecule has 2 aliphatic rings. The van der Waals surface area contributed by atoms with E-state index >= 15 is 0 Å². The van der Waals surface area contributed by atoms with Crippen molar-refractivity contribution in [1.29, 1.82) is 0 Å². The van der Waals surface area contributed by atoms with Crippen LogP contribution in [-0.2, 0) is 0 Å². The van der Waals surface area contributed by atoms with Crippen molar-refractivity contribution in [2.75, 3.05) is 20.4 Å². The van der Waals surface area contributed by atoms with Gasteiger partial charge in [-0.25, -0.2) is 14.7 Å². The van der Waals surface area contributed by atoms with Gasteiger partial charge in [-0.15, -0.1) is 0 Å². The summed E-state index contributed by atoms with van der Waals surface area (Å²) < 4.78 is 0. The Labute approximate surface area is 156 Å². The van der Waals surface area contributed by atoms with Gasteiger partial charge in [0.2, 0.25) is 12.2 Å². The maximum absolute atomic E-state index is 13.5. The zero-order valence-corrected chi connectivity index (χ0v) is 14.4. The summed E-state index contributed by atoms with van der Waals surface area (Å²) in [6.45, 7) is 0. The Balaban J connectivity index is 1.60. The Hall–Kier alpha value is -3.80. The number of aliphatic imine (C=N–C) groups is 1. The Morgan fingerprint density at radius 1 is 0.852 bits per heavy atom. The molecule has 2 aliphatic heterocycles. The molecule has 0 radical (unpaired) electrons. The number of guanidine groups is 1. The smallest absolute Gasteiger partial charge is 0.339 e. The summed E-state index contributed by atoms with van der Waals surface area (Å²) in [6, 6.07) is 26.8. The van der Waals surface area contributed by atoms with Crippen LogP contribution in [0.1, 0.15) is 0 Å². The third-order valence-corrected chi connectivity index (χ3v) is 4.59. The minimum atomic E-state index is -0.471. The number of para-hydroxylation sites is 4. The molecule has 5 rings (SSSR count). The number of rotatable bonds is 2. The number of fused-ring (bicyclic) bond motifs is 3. The Morgan fingerprint density at radius 3 is 2.30 bits per heavy atom. The fourth-order valence-electron chi connectivity index (χ4n) is 3.36. The quantitative estimate of drug-likeness (QED) is 0.720. The number of carbonyl (C=O) groups is 1. The molecule has 132 valence electrons. The van der Waals surface area contributed by atoms with Crippen molar-refractivity contribution < 1.29 is 4.79 Å². The van der Waals surface area contributed by atoms with Gasteiger partial charge in [0.25, 0.3) is 0 Å². The minimum absolute atomic E-state index is 0.155. The Kier molecular flexibility index (Phi) is 3.53. The Morgan fingerprint density at radius 2 is 1.52 bits per heavy atom.